The number of anilines is 1. The Morgan fingerprint density at radius 1 is 1.02 bits per heavy atom. The summed E-state index contributed by atoms with van der Waals surface area (Å²) >= 11 is 12.7. The molecule has 1 aliphatic rings. The largest absolute Gasteiger partial charge is 0.478 e. The predicted octanol–water partition coefficient (Wildman–Crippen LogP) is 8.02. The molecule has 0 bridgehead atoms. The Kier molecular flexibility index (Phi) is 11.5. The van der Waals surface area contributed by atoms with Crippen molar-refractivity contribution in [3.05, 3.63) is 92.7 Å². The first-order valence-corrected chi connectivity index (χ1v) is 16.0. The standard InChI is InChI=1S/C35H38Cl2F3N3O4/c1-21-5-9-27(38)19-28(21)22(2)42-32(45)16-24(15-23-6-7-26(37)18-30(23)41-20-44)29-17-25(36)8-10-31(29)47-34(3,4)33(46)43-13-11-35(39,40)12-14-43/h5-10,17-20,22,24H,11-16H2,1-4H3,(H,41,44)(H,42,45). The molecule has 7 nitrogen and oxygen atoms in total. The van der Waals surface area contributed by atoms with Gasteiger partial charge in [-0.15, -0.1) is 0 Å². The highest BCUT2D eigenvalue weighted by atomic mass is 35.5. The second-order valence-corrected chi connectivity index (χ2v) is 13.3. The molecule has 2 atom stereocenters. The highest BCUT2D eigenvalue weighted by Gasteiger charge is 2.41. The summed E-state index contributed by atoms with van der Waals surface area (Å²) in [5, 5.41) is 6.36. The number of aryl methyl sites for hydroxylation is 1. The third-order valence-corrected chi connectivity index (χ3v) is 8.81. The number of ether oxygens (including phenoxy) is 1. The zero-order valence-corrected chi connectivity index (χ0v) is 28.2. The van der Waals surface area contributed by atoms with Gasteiger partial charge >= 0.3 is 0 Å². The van der Waals surface area contributed by atoms with Gasteiger partial charge in [-0.05, 0) is 98.8 Å². The Morgan fingerprint density at radius 2 is 1.68 bits per heavy atom. The Hall–Kier alpha value is -3.76. The topological polar surface area (TPSA) is 87.7 Å². The fourth-order valence-electron chi connectivity index (χ4n) is 5.83. The van der Waals surface area contributed by atoms with Crippen molar-refractivity contribution in [2.75, 3.05) is 18.4 Å². The molecule has 252 valence electrons. The number of nitrogens with zero attached hydrogens (tertiary/aromatic N) is 1. The monoisotopic (exact) mass is 691 g/mol. The molecular weight excluding hydrogens is 654 g/mol. The van der Waals surface area contributed by atoms with Crippen LogP contribution in [0.4, 0.5) is 18.9 Å². The average Bonchev–Trinajstić information content (AvgIpc) is 2.99. The van der Waals surface area contributed by atoms with Gasteiger partial charge in [0.05, 0.1) is 6.04 Å². The van der Waals surface area contributed by atoms with Crippen LogP contribution >= 0.6 is 23.2 Å². The molecule has 1 aliphatic heterocycles. The van der Waals surface area contributed by atoms with Crippen LogP contribution in [0.5, 0.6) is 5.75 Å². The Bertz CT molecular complexity index is 1630. The minimum atomic E-state index is -2.82. The summed E-state index contributed by atoms with van der Waals surface area (Å²) in [6.07, 6.45) is -0.180. The molecule has 0 saturated carbocycles. The van der Waals surface area contributed by atoms with Crippen LogP contribution in [0.2, 0.25) is 10.0 Å². The van der Waals surface area contributed by atoms with Gasteiger partial charge in [-0.3, -0.25) is 14.4 Å². The number of rotatable bonds is 12. The van der Waals surface area contributed by atoms with Gasteiger partial charge in [-0.2, -0.15) is 0 Å². The molecule has 3 aromatic carbocycles. The van der Waals surface area contributed by atoms with Crippen molar-refractivity contribution in [2.45, 2.75) is 76.9 Å². The van der Waals surface area contributed by atoms with Crippen molar-refractivity contribution >= 4 is 47.1 Å². The molecule has 3 aromatic rings. The number of benzene rings is 3. The van der Waals surface area contributed by atoms with E-state index >= 15 is 0 Å². The summed E-state index contributed by atoms with van der Waals surface area (Å²) < 4.78 is 48.0. The molecule has 1 saturated heterocycles. The number of carbonyl (C=O) groups excluding carboxylic acids is 3. The number of alkyl halides is 2. The van der Waals surface area contributed by atoms with E-state index < -0.39 is 48.0 Å². The fraction of sp³-hybridized carbons (Fsp3) is 0.400. The minimum absolute atomic E-state index is 0.0753. The van der Waals surface area contributed by atoms with E-state index in [2.05, 4.69) is 10.6 Å². The molecule has 12 heteroatoms. The highest BCUT2D eigenvalue weighted by molar-refractivity contribution is 6.31. The summed E-state index contributed by atoms with van der Waals surface area (Å²) in [6, 6.07) is 13.7. The number of hydrogen-bond donors (Lipinski definition) is 2. The van der Waals surface area contributed by atoms with E-state index in [4.69, 9.17) is 27.9 Å². The number of halogens is 5. The lowest BCUT2D eigenvalue weighted by Gasteiger charge is -2.37. The lowest BCUT2D eigenvalue weighted by Crippen LogP contribution is -2.52. The molecule has 1 fully saturated rings. The average molecular weight is 693 g/mol. The minimum Gasteiger partial charge on any atom is -0.478 e. The van der Waals surface area contributed by atoms with Gasteiger partial charge in [-0.1, -0.05) is 35.3 Å². The first-order chi connectivity index (χ1) is 22.1. The molecule has 47 heavy (non-hydrogen) atoms. The Morgan fingerprint density at radius 3 is 2.36 bits per heavy atom. The van der Waals surface area contributed by atoms with Crippen LogP contribution in [-0.2, 0) is 20.8 Å². The smallest absolute Gasteiger partial charge is 0.266 e. The van der Waals surface area contributed by atoms with E-state index in [0.29, 0.717) is 38.8 Å². The summed E-state index contributed by atoms with van der Waals surface area (Å²) in [6.45, 7) is 6.53. The molecule has 0 aliphatic carbocycles. The fourth-order valence-corrected chi connectivity index (χ4v) is 6.18. The lowest BCUT2D eigenvalue weighted by molar-refractivity contribution is -0.151. The third-order valence-electron chi connectivity index (χ3n) is 8.34. The molecule has 2 N–H and O–H groups in total. The van der Waals surface area contributed by atoms with Gasteiger partial charge in [0.2, 0.25) is 12.3 Å². The molecular formula is C35H38Cl2F3N3O4. The maximum absolute atomic E-state index is 14.0. The summed E-state index contributed by atoms with van der Waals surface area (Å²) in [5.41, 5.74) is 1.63. The van der Waals surface area contributed by atoms with Crippen molar-refractivity contribution in [1.29, 1.82) is 0 Å². The van der Waals surface area contributed by atoms with Crippen LogP contribution < -0.4 is 15.4 Å². The van der Waals surface area contributed by atoms with Crippen LogP contribution in [0.15, 0.2) is 54.6 Å². The van der Waals surface area contributed by atoms with Crippen LogP contribution in [0.3, 0.4) is 0 Å². The summed E-state index contributed by atoms with van der Waals surface area (Å²) in [4.78, 5) is 39.9. The summed E-state index contributed by atoms with van der Waals surface area (Å²) in [5.74, 6) is -4.35. The summed E-state index contributed by atoms with van der Waals surface area (Å²) in [7, 11) is 0. The SMILES string of the molecule is Cc1ccc(F)cc1C(C)NC(=O)CC(Cc1ccc(Cl)cc1NC=O)c1cc(Cl)ccc1OC(C)(C)C(=O)N1CCC(F)(F)CC1. The quantitative estimate of drug-likeness (QED) is 0.188. The molecule has 3 amide bonds. The number of hydrogen-bond acceptors (Lipinski definition) is 4. The number of piperidine rings is 1. The highest BCUT2D eigenvalue weighted by Crippen LogP contribution is 2.38. The molecule has 2 unspecified atom stereocenters. The van der Waals surface area contributed by atoms with Crippen LogP contribution in [0.1, 0.15) is 74.2 Å². The van der Waals surface area contributed by atoms with Gasteiger partial charge in [0.15, 0.2) is 5.60 Å². The molecule has 0 aromatic heterocycles. The van der Waals surface area contributed by atoms with Crippen molar-refractivity contribution in [3.8, 4) is 5.75 Å². The molecule has 0 radical (unpaired) electrons. The maximum atomic E-state index is 14.0. The Balaban J connectivity index is 1.67. The van der Waals surface area contributed by atoms with Crippen molar-refractivity contribution in [3.63, 3.8) is 0 Å². The van der Waals surface area contributed by atoms with Gasteiger partial charge < -0.3 is 20.3 Å². The van der Waals surface area contributed by atoms with E-state index in [1.54, 1.807) is 63.2 Å². The number of likely N-dealkylation sites (tertiary alicyclic amines) is 1. The number of nitrogens with one attached hydrogen (secondary N) is 2. The second-order valence-electron chi connectivity index (χ2n) is 12.4. The van der Waals surface area contributed by atoms with Gasteiger partial charge in [0.1, 0.15) is 11.6 Å². The van der Waals surface area contributed by atoms with Crippen LogP contribution in [-0.4, -0.2) is 47.7 Å². The van der Waals surface area contributed by atoms with Crippen molar-refractivity contribution < 1.29 is 32.3 Å². The van der Waals surface area contributed by atoms with Crippen LogP contribution in [0, 0.1) is 12.7 Å². The number of carbonyl (C=O) groups is 3. The van der Waals surface area contributed by atoms with E-state index in [-0.39, 0.29) is 37.6 Å². The number of amides is 3. The van der Waals surface area contributed by atoms with E-state index in [9.17, 15) is 27.6 Å². The van der Waals surface area contributed by atoms with E-state index in [1.807, 2.05) is 6.92 Å². The molecule has 4 rings (SSSR count). The van der Waals surface area contributed by atoms with Crippen molar-refractivity contribution in [2.24, 2.45) is 0 Å². The third kappa shape index (κ3) is 9.41. The molecule has 1 heterocycles. The van der Waals surface area contributed by atoms with Crippen LogP contribution in [0.25, 0.3) is 0 Å². The zero-order chi connectivity index (χ0) is 34.5. The van der Waals surface area contributed by atoms with Gasteiger partial charge in [0.25, 0.3) is 11.8 Å². The molecule has 0 spiro atoms. The van der Waals surface area contributed by atoms with Gasteiger partial charge in [-0.25, -0.2) is 13.2 Å². The Labute approximate surface area is 282 Å². The normalized spacial score (nSPS) is 15.8. The van der Waals surface area contributed by atoms with Gasteiger partial charge in [0, 0.05) is 54.0 Å². The first-order valence-electron chi connectivity index (χ1n) is 15.3. The zero-order valence-electron chi connectivity index (χ0n) is 26.6. The van der Waals surface area contributed by atoms with Crippen molar-refractivity contribution in [1.82, 2.24) is 10.2 Å². The lowest BCUT2D eigenvalue weighted by atomic mass is 9.87. The first kappa shape index (κ1) is 36.1. The second kappa shape index (κ2) is 15.0. The van der Waals surface area contributed by atoms with E-state index in [1.165, 1.54) is 17.0 Å². The maximum Gasteiger partial charge on any atom is 0.266 e. The van der Waals surface area contributed by atoms with E-state index in [0.717, 1.165) is 5.56 Å². The predicted molar refractivity (Wildman–Crippen MR) is 177 cm³/mol.